The van der Waals surface area contributed by atoms with E-state index >= 15 is 0 Å². The van der Waals surface area contributed by atoms with Crippen LogP contribution in [0.1, 0.15) is 17.0 Å². The van der Waals surface area contributed by atoms with E-state index in [1.165, 1.54) is 6.07 Å². The minimum Gasteiger partial charge on any atom is -0.441 e. The van der Waals surface area contributed by atoms with Crippen LogP contribution >= 0.6 is 0 Å². The molecule has 0 N–H and O–H groups in total. The van der Waals surface area contributed by atoms with Crippen LogP contribution in [0.5, 0.6) is 0 Å². The molecule has 0 aliphatic heterocycles. The highest BCUT2D eigenvalue weighted by Gasteiger charge is 2.18. The summed E-state index contributed by atoms with van der Waals surface area (Å²) in [6, 6.07) is 10.1. The van der Waals surface area contributed by atoms with E-state index in [4.69, 9.17) is 4.42 Å². The number of likely N-dealkylation sites (N-methyl/N-ethyl adjacent to an activating group) is 1. The standard InChI is InChI=1S/C20H20FN3O2/c1-14-18(23-20(26-14)16-5-3-4-6-17(16)21)13-19(25)24(2)12-9-15-7-10-22-11-8-15/h3-8,10-11H,9,12-13H2,1-2H3. The molecule has 1 aromatic carbocycles. The fraction of sp³-hybridized carbons (Fsp3) is 0.250. The van der Waals surface area contributed by atoms with E-state index in [2.05, 4.69) is 9.97 Å². The van der Waals surface area contributed by atoms with Gasteiger partial charge in [0.2, 0.25) is 11.8 Å². The zero-order valence-corrected chi connectivity index (χ0v) is 14.8. The van der Waals surface area contributed by atoms with E-state index in [-0.39, 0.29) is 18.2 Å². The Hall–Kier alpha value is -3.02. The van der Waals surface area contributed by atoms with Crippen molar-refractivity contribution in [2.75, 3.05) is 13.6 Å². The number of carbonyl (C=O) groups is 1. The Morgan fingerprint density at radius 2 is 1.92 bits per heavy atom. The van der Waals surface area contributed by atoms with Gasteiger partial charge in [-0.2, -0.15) is 0 Å². The summed E-state index contributed by atoms with van der Waals surface area (Å²) in [4.78, 5) is 22.4. The lowest BCUT2D eigenvalue weighted by atomic mass is 10.2. The van der Waals surface area contributed by atoms with Gasteiger partial charge in [0.25, 0.3) is 0 Å². The van der Waals surface area contributed by atoms with Crippen molar-refractivity contribution in [3.63, 3.8) is 0 Å². The van der Waals surface area contributed by atoms with E-state index in [1.807, 2.05) is 12.1 Å². The third kappa shape index (κ3) is 4.14. The molecule has 0 aliphatic carbocycles. The molecule has 2 heterocycles. The van der Waals surface area contributed by atoms with Gasteiger partial charge in [0.15, 0.2) is 0 Å². The Morgan fingerprint density at radius 3 is 2.65 bits per heavy atom. The maximum absolute atomic E-state index is 13.9. The normalized spacial score (nSPS) is 10.7. The van der Waals surface area contributed by atoms with Crippen molar-refractivity contribution in [1.29, 1.82) is 0 Å². The number of hydrogen-bond acceptors (Lipinski definition) is 4. The Kier molecular flexibility index (Phi) is 5.41. The summed E-state index contributed by atoms with van der Waals surface area (Å²) in [5.41, 5.74) is 1.95. The summed E-state index contributed by atoms with van der Waals surface area (Å²) >= 11 is 0. The van der Waals surface area contributed by atoms with Crippen LogP contribution in [0.3, 0.4) is 0 Å². The van der Waals surface area contributed by atoms with Crippen LogP contribution in [-0.4, -0.2) is 34.4 Å². The molecule has 26 heavy (non-hydrogen) atoms. The van der Waals surface area contributed by atoms with E-state index in [0.717, 1.165) is 12.0 Å². The zero-order chi connectivity index (χ0) is 18.5. The molecule has 0 saturated carbocycles. The number of carbonyl (C=O) groups excluding carboxylic acids is 1. The number of nitrogens with zero attached hydrogens (tertiary/aromatic N) is 3. The average Bonchev–Trinajstić information content (AvgIpc) is 3.01. The van der Waals surface area contributed by atoms with E-state index in [1.54, 1.807) is 49.5 Å². The zero-order valence-electron chi connectivity index (χ0n) is 14.8. The molecular formula is C20H20FN3O2. The molecule has 1 amide bonds. The van der Waals surface area contributed by atoms with Crippen molar-refractivity contribution in [2.45, 2.75) is 19.8 Å². The van der Waals surface area contributed by atoms with Crippen LogP contribution in [0.25, 0.3) is 11.5 Å². The molecule has 6 heteroatoms. The molecule has 0 bridgehead atoms. The number of aromatic nitrogens is 2. The first-order chi connectivity index (χ1) is 12.5. The fourth-order valence-corrected chi connectivity index (χ4v) is 2.59. The lowest BCUT2D eigenvalue weighted by molar-refractivity contribution is -0.129. The van der Waals surface area contributed by atoms with Crippen LogP contribution in [0, 0.1) is 12.7 Å². The first-order valence-electron chi connectivity index (χ1n) is 8.38. The van der Waals surface area contributed by atoms with Crippen molar-refractivity contribution in [3.05, 3.63) is 71.6 Å². The third-order valence-electron chi connectivity index (χ3n) is 4.23. The number of aryl methyl sites for hydroxylation is 1. The van der Waals surface area contributed by atoms with Gasteiger partial charge in [-0.05, 0) is 43.2 Å². The minimum atomic E-state index is -0.402. The van der Waals surface area contributed by atoms with E-state index in [0.29, 0.717) is 23.6 Å². The molecule has 134 valence electrons. The van der Waals surface area contributed by atoms with Gasteiger partial charge < -0.3 is 9.32 Å². The molecule has 5 nitrogen and oxygen atoms in total. The van der Waals surface area contributed by atoms with Crippen LogP contribution < -0.4 is 0 Å². The predicted molar refractivity (Wildman–Crippen MR) is 95.9 cm³/mol. The van der Waals surface area contributed by atoms with Gasteiger partial charge in [-0.1, -0.05) is 12.1 Å². The number of rotatable bonds is 6. The molecule has 3 rings (SSSR count). The van der Waals surface area contributed by atoms with Crippen molar-refractivity contribution < 1.29 is 13.6 Å². The lowest BCUT2D eigenvalue weighted by Gasteiger charge is -2.16. The Labute approximate surface area is 151 Å². The molecule has 3 aromatic rings. The first-order valence-corrected chi connectivity index (χ1v) is 8.38. The number of benzene rings is 1. The number of amides is 1. The Morgan fingerprint density at radius 1 is 1.19 bits per heavy atom. The molecule has 0 saturated heterocycles. The summed E-state index contributed by atoms with van der Waals surface area (Å²) in [5, 5.41) is 0. The monoisotopic (exact) mass is 353 g/mol. The van der Waals surface area contributed by atoms with Crippen LogP contribution in [-0.2, 0) is 17.6 Å². The molecule has 0 radical (unpaired) electrons. The molecular weight excluding hydrogens is 333 g/mol. The predicted octanol–water partition coefficient (Wildman–Crippen LogP) is 3.43. The van der Waals surface area contributed by atoms with Gasteiger partial charge in [-0.15, -0.1) is 0 Å². The van der Waals surface area contributed by atoms with Crippen molar-refractivity contribution >= 4 is 5.91 Å². The highest BCUT2D eigenvalue weighted by Crippen LogP contribution is 2.24. The number of oxazole rings is 1. The molecule has 0 aliphatic rings. The van der Waals surface area contributed by atoms with Gasteiger partial charge in [-0.25, -0.2) is 9.37 Å². The quantitative estimate of drug-likeness (QED) is 0.681. The molecule has 0 spiro atoms. The summed E-state index contributed by atoms with van der Waals surface area (Å²) in [5.74, 6) is 0.263. The largest absolute Gasteiger partial charge is 0.441 e. The van der Waals surface area contributed by atoms with E-state index in [9.17, 15) is 9.18 Å². The number of halogens is 1. The second kappa shape index (κ2) is 7.91. The summed E-state index contributed by atoms with van der Waals surface area (Å²) in [6.45, 7) is 2.33. The van der Waals surface area contributed by atoms with Gasteiger partial charge in [0, 0.05) is 26.0 Å². The Balaban J connectivity index is 1.65. The average molecular weight is 353 g/mol. The Bertz CT molecular complexity index is 893. The van der Waals surface area contributed by atoms with Gasteiger partial charge in [0.05, 0.1) is 17.7 Å². The van der Waals surface area contributed by atoms with Crippen molar-refractivity contribution in [1.82, 2.24) is 14.9 Å². The maximum atomic E-state index is 13.9. The van der Waals surface area contributed by atoms with Crippen molar-refractivity contribution in [3.8, 4) is 11.5 Å². The lowest BCUT2D eigenvalue weighted by Crippen LogP contribution is -2.30. The molecule has 0 atom stereocenters. The van der Waals surface area contributed by atoms with Crippen LogP contribution in [0.4, 0.5) is 4.39 Å². The smallest absolute Gasteiger partial charge is 0.229 e. The minimum absolute atomic E-state index is 0.0597. The van der Waals surface area contributed by atoms with Gasteiger partial charge >= 0.3 is 0 Å². The topological polar surface area (TPSA) is 59.2 Å². The van der Waals surface area contributed by atoms with Crippen molar-refractivity contribution in [2.24, 2.45) is 0 Å². The highest BCUT2D eigenvalue weighted by atomic mass is 19.1. The first kappa shape index (κ1) is 17.8. The van der Waals surface area contributed by atoms with Gasteiger partial charge in [0.1, 0.15) is 11.6 Å². The number of hydrogen-bond donors (Lipinski definition) is 0. The molecule has 0 fully saturated rings. The van der Waals surface area contributed by atoms with Crippen LogP contribution in [0.2, 0.25) is 0 Å². The fourth-order valence-electron chi connectivity index (χ4n) is 2.59. The summed E-state index contributed by atoms with van der Waals surface area (Å²) < 4.78 is 19.5. The third-order valence-corrected chi connectivity index (χ3v) is 4.23. The molecule has 0 unspecified atom stereocenters. The second-order valence-corrected chi connectivity index (χ2v) is 6.10. The maximum Gasteiger partial charge on any atom is 0.229 e. The highest BCUT2D eigenvalue weighted by molar-refractivity contribution is 5.78. The number of pyridine rings is 1. The van der Waals surface area contributed by atoms with E-state index < -0.39 is 5.82 Å². The van der Waals surface area contributed by atoms with Gasteiger partial charge in [-0.3, -0.25) is 9.78 Å². The molecule has 2 aromatic heterocycles. The summed E-state index contributed by atoms with van der Waals surface area (Å²) in [7, 11) is 1.76. The SMILES string of the molecule is Cc1oc(-c2ccccc2F)nc1CC(=O)N(C)CCc1ccncc1. The summed E-state index contributed by atoms with van der Waals surface area (Å²) in [6.07, 6.45) is 4.35. The van der Waals surface area contributed by atoms with Crippen LogP contribution in [0.15, 0.2) is 53.2 Å². The second-order valence-electron chi connectivity index (χ2n) is 6.10.